The molecule has 1 aliphatic carbocycles. The van der Waals surface area contributed by atoms with Crippen LogP contribution in [0.5, 0.6) is 0 Å². The Hall–Kier alpha value is -0.690. The summed E-state index contributed by atoms with van der Waals surface area (Å²) in [7, 11) is 0. The van der Waals surface area contributed by atoms with Crippen molar-refractivity contribution in [1.29, 1.82) is 0 Å². The minimum Gasteiger partial charge on any atom is -0.386 e. The lowest BCUT2D eigenvalue weighted by Crippen LogP contribution is -2.03. The van der Waals surface area contributed by atoms with Crippen molar-refractivity contribution in [2.24, 2.45) is 5.92 Å². The summed E-state index contributed by atoms with van der Waals surface area (Å²) in [6.07, 6.45) is 6.44. The second-order valence-corrected chi connectivity index (χ2v) is 3.53. The molecule has 13 heavy (non-hydrogen) atoms. The van der Waals surface area contributed by atoms with Crippen LogP contribution in [0.1, 0.15) is 26.7 Å². The predicted octanol–water partition coefficient (Wildman–Crippen LogP) is 3.97. The second kappa shape index (κ2) is 4.52. The molecule has 0 saturated carbocycles. The summed E-state index contributed by atoms with van der Waals surface area (Å²) < 4.78 is 4.63. The van der Waals surface area contributed by atoms with Gasteiger partial charge in [0.15, 0.2) is 0 Å². The monoisotopic (exact) mass is 198 g/mol. The lowest BCUT2D eigenvalue weighted by molar-refractivity contribution is 0.486. The quantitative estimate of drug-likeness (QED) is 0.624. The zero-order valence-electron chi connectivity index (χ0n) is 8.14. The normalized spacial score (nSPS) is 21.9. The first kappa shape index (κ1) is 10.4. The van der Waals surface area contributed by atoms with Gasteiger partial charge < -0.3 is 4.29 Å². The van der Waals surface area contributed by atoms with Crippen molar-refractivity contribution in [3.05, 3.63) is 35.6 Å². The van der Waals surface area contributed by atoms with Gasteiger partial charge in [-0.1, -0.05) is 32.6 Å². The van der Waals surface area contributed by atoms with E-state index >= 15 is 0 Å². The molecule has 1 nitrogen and oxygen atoms in total. The van der Waals surface area contributed by atoms with Crippen LogP contribution in [0.25, 0.3) is 0 Å². The van der Waals surface area contributed by atoms with E-state index in [1.54, 1.807) is 0 Å². The summed E-state index contributed by atoms with van der Waals surface area (Å²) >= 11 is 5.28. The maximum absolute atomic E-state index is 5.28. The lowest BCUT2D eigenvalue weighted by Gasteiger charge is -2.18. The van der Waals surface area contributed by atoms with E-state index in [9.17, 15) is 0 Å². The fourth-order valence-electron chi connectivity index (χ4n) is 1.58. The maximum atomic E-state index is 5.28. The van der Waals surface area contributed by atoms with Gasteiger partial charge in [-0.15, -0.1) is 0 Å². The first-order valence-corrected chi connectivity index (χ1v) is 4.89. The van der Waals surface area contributed by atoms with Gasteiger partial charge >= 0.3 is 0 Å². The number of rotatable bonds is 3. The summed E-state index contributed by atoms with van der Waals surface area (Å²) in [5.74, 6) is 1.17. The van der Waals surface area contributed by atoms with Gasteiger partial charge in [-0.25, -0.2) is 0 Å². The Morgan fingerprint density at radius 2 is 2.46 bits per heavy atom. The molecule has 0 aromatic heterocycles. The van der Waals surface area contributed by atoms with Crippen LogP contribution in [0, 0.1) is 5.92 Å². The van der Waals surface area contributed by atoms with Gasteiger partial charge in [-0.2, -0.15) is 0 Å². The molecule has 1 unspecified atom stereocenters. The van der Waals surface area contributed by atoms with Crippen LogP contribution in [0.2, 0.25) is 0 Å². The summed E-state index contributed by atoms with van der Waals surface area (Å²) in [5, 5.41) is 0. The highest BCUT2D eigenvalue weighted by Gasteiger charge is 2.14. The van der Waals surface area contributed by atoms with Crippen LogP contribution in [0.3, 0.4) is 0 Å². The average molecular weight is 199 g/mol. The van der Waals surface area contributed by atoms with Crippen molar-refractivity contribution < 1.29 is 4.29 Å². The van der Waals surface area contributed by atoms with Gasteiger partial charge in [0.1, 0.15) is 17.6 Å². The minimum atomic E-state index is 0.557. The Bertz CT molecular complexity index is 263. The van der Waals surface area contributed by atoms with Gasteiger partial charge in [-0.3, -0.25) is 0 Å². The molecule has 0 radical (unpaired) electrons. The Balaban J connectivity index is 2.86. The Kier molecular flexibility index (Phi) is 3.61. The number of hydrogen-bond acceptors (Lipinski definition) is 1. The smallest absolute Gasteiger partial charge is 0.146 e. The second-order valence-electron chi connectivity index (χ2n) is 3.38. The highest BCUT2D eigenvalue weighted by molar-refractivity contribution is 6.08. The maximum Gasteiger partial charge on any atom is 0.146 e. The summed E-state index contributed by atoms with van der Waals surface area (Å²) in [5.41, 5.74) is 2.35. The third-order valence-electron chi connectivity index (χ3n) is 2.30. The topological polar surface area (TPSA) is 9.23 Å². The molecule has 0 fully saturated rings. The largest absolute Gasteiger partial charge is 0.386 e. The number of hydrogen-bond donors (Lipinski definition) is 0. The molecule has 1 atom stereocenters. The molecule has 2 heteroatoms. The SMILES string of the molecule is C=C(OCl)C1=CCC(C)C=C1CC. The third kappa shape index (κ3) is 2.38. The third-order valence-corrected chi connectivity index (χ3v) is 2.49. The predicted molar refractivity (Wildman–Crippen MR) is 56.3 cm³/mol. The molecule has 0 bridgehead atoms. The van der Waals surface area contributed by atoms with Crippen LogP contribution in [0.15, 0.2) is 35.6 Å². The zero-order chi connectivity index (χ0) is 9.84. The molecule has 0 N–H and O–H groups in total. The summed E-state index contributed by atoms with van der Waals surface area (Å²) in [6, 6.07) is 0. The van der Waals surface area contributed by atoms with Crippen molar-refractivity contribution in [3.63, 3.8) is 0 Å². The lowest BCUT2D eigenvalue weighted by atomic mass is 9.89. The van der Waals surface area contributed by atoms with Crippen molar-refractivity contribution in [1.82, 2.24) is 0 Å². The van der Waals surface area contributed by atoms with E-state index in [4.69, 9.17) is 11.9 Å². The van der Waals surface area contributed by atoms with Crippen molar-refractivity contribution >= 4 is 11.9 Å². The Labute approximate surface area is 84.9 Å². The van der Waals surface area contributed by atoms with E-state index < -0.39 is 0 Å². The Morgan fingerprint density at radius 3 is 3.00 bits per heavy atom. The van der Waals surface area contributed by atoms with E-state index in [2.05, 4.69) is 36.9 Å². The first-order chi connectivity index (χ1) is 6.19. The average Bonchev–Trinajstić information content (AvgIpc) is 2.16. The molecule has 0 amide bonds. The molecule has 72 valence electrons. The van der Waals surface area contributed by atoms with Gasteiger partial charge in [0.2, 0.25) is 0 Å². The van der Waals surface area contributed by atoms with Crippen LogP contribution in [-0.2, 0) is 4.29 Å². The van der Waals surface area contributed by atoms with Gasteiger partial charge in [0.05, 0.1) is 0 Å². The molecule has 0 spiro atoms. The molecule has 1 rings (SSSR count). The summed E-state index contributed by atoms with van der Waals surface area (Å²) in [6.45, 7) is 8.08. The molecule has 1 aliphatic rings. The van der Waals surface area contributed by atoms with E-state index in [1.165, 1.54) is 5.57 Å². The molecule has 0 saturated heterocycles. The van der Waals surface area contributed by atoms with E-state index in [0.29, 0.717) is 11.7 Å². The molecular formula is C11H15ClO. The van der Waals surface area contributed by atoms with Crippen LogP contribution >= 0.6 is 11.9 Å². The molecule has 0 aliphatic heterocycles. The molecule has 0 heterocycles. The van der Waals surface area contributed by atoms with Crippen LogP contribution < -0.4 is 0 Å². The highest BCUT2D eigenvalue weighted by Crippen LogP contribution is 2.30. The molecular weight excluding hydrogens is 184 g/mol. The highest BCUT2D eigenvalue weighted by atomic mass is 35.5. The standard InChI is InChI=1S/C11H15ClO/c1-4-10-7-8(2)5-6-11(10)9(3)13-12/h6-8H,3-5H2,1-2H3. The van der Waals surface area contributed by atoms with Crippen molar-refractivity contribution in [3.8, 4) is 0 Å². The van der Waals surface area contributed by atoms with Crippen molar-refractivity contribution in [2.45, 2.75) is 26.7 Å². The van der Waals surface area contributed by atoms with Crippen LogP contribution in [0.4, 0.5) is 0 Å². The zero-order valence-corrected chi connectivity index (χ0v) is 8.90. The van der Waals surface area contributed by atoms with E-state index in [1.807, 2.05) is 0 Å². The first-order valence-electron chi connectivity index (χ1n) is 4.58. The number of allylic oxidation sites excluding steroid dienone is 3. The molecule has 0 aromatic rings. The van der Waals surface area contributed by atoms with Crippen molar-refractivity contribution in [2.75, 3.05) is 0 Å². The van der Waals surface area contributed by atoms with Gasteiger partial charge in [-0.05, 0) is 24.3 Å². The van der Waals surface area contributed by atoms with Gasteiger partial charge in [0.25, 0.3) is 0 Å². The fraction of sp³-hybridized carbons (Fsp3) is 0.455. The fourth-order valence-corrected chi connectivity index (χ4v) is 1.66. The Morgan fingerprint density at radius 1 is 1.77 bits per heavy atom. The molecule has 0 aromatic carbocycles. The summed E-state index contributed by atoms with van der Waals surface area (Å²) in [4.78, 5) is 0. The van der Waals surface area contributed by atoms with Crippen LogP contribution in [-0.4, -0.2) is 0 Å². The number of halogens is 1. The van der Waals surface area contributed by atoms with E-state index in [0.717, 1.165) is 18.4 Å². The van der Waals surface area contributed by atoms with E-state index in [-0.39, 0.29) is 0 Å². The minimum absolute atomic E-state index is 0.557. The van der Waals surface area contributed by atoms with Gasteiger partial charge in [0, 0.05) is 5.57 Å².